The lowest BCUT2D eigenvalue weighted by molar-refractivity contribution is -0.120. The van der Waals surface area contributed by atoms with Crippen LogP contribution in [-0.4, -0.2) is 36.9 Å². The van der Waals surface area contributed by atoms with Crippen LogP contribution in [-0.2, 0) is 10.3 Å². The normalized spacial score (nSPS) is 19.0. The van der Waals surface area contributed by atoms with Gasteiger partial charge in [0.05, 0.1) is 6.61 Å². The van der Waals surface area contributed by atoms with E-state index in [0.717, 1.165) is 33.7 Å². The Balaban J connectivity index is 2.23. The number of aliphatic hydroxyl groups excluding tert-OH is 1. The van der Waals surface area contributed by atoms with Crippen LogP contribution in [0.15, 0.2) is 45.6 Å². The molecule has 0 aliphatic carbocycles. The molecule has 1 aromatic carbocycles. The van der Waals surface area contributed by atoms with E-state index in [1.807, 2.05) is 35.9 Å². The second-order valence-electron chi connectivity index (χ2n) is 6.81. The van der Waals surface area contributed by atoms with Gasteiger partial charge in [-0.15, -0.1) is 0 Å². The average Bonchev–Trinajstić information content (AvgIpc) is 3.26. The molecule has 6 heteroatoms. The van der Waals surface area contributed by atoms with E-state index in [1.54, 1.807) is 18.4 Å². The number of anilines is 1. The Morgan fingerprint density at radius 2 is 2.07 bits per heavy atom. The molecule has 1 atom stereocenters. The first-order valence-electron chi connectivity index (χ1n) is 8.91. The summed E-state index contributed by atoms with van der Waals surface area (Å²) >= 11 is 1.55. The van der Waals surface area contributed by atoms with E-state index in [1.165, 1.54) is 5.57 Å². The minimum Gasteiger partial charge on any atom is -0.395 e. The highest BCUT2D eigenvalue weighted by Gasteiger charge is 2.48. The van der Waals surface area contributed by atoms with Crippen molar-refractivity contribution in [3.05, 3.63) is 57.3 Å². The van der Waals surface area contributed by atoms with Gasteiger partial charge in [0, 0.05) is 36.1 Å². The third-order valence-corrected chi connectivity index (χ3v) is 5.64. The molecular formula is C21H25N3O2S. The number of benzene rings is 1. The van der Waals surface area contributed by atoms with Gasteiger partial charge in [-0.3, -0.25) is 15.1 Å². The Bertz CT molecular complexity index is 912. The standard InChI is InChI=1S/C21H25N3O2S/c1-13(2)19(14(3)22-4)15-5-6-18-17(11-15)21(20(26)24-18,23-8-9-25)16-7-10-27-12-16/h5-7,10-12,23,25H,8-9H2,1-4H3,(H,24,26)/b22-14-. The fraction of sp³-hybridized carbons (Fsp3) is 0.333. The quantitative estimate of drug-likeness (QED) is 0.669. The molecule has 1 aromatic heterocycles. The Hall–Kier alpha value is -2.28. The largest absolute Gasteiger partial charge is 0.395 e. The second-order valence-corrected chi connectivity index (χ2v) is 7.59. The number of hydrogen-bond acceptors (Lipinski definition) is 5. The van der Waals surface area contributed by atoms with E-state index in [2.05, 4.69) is 35.5 Å². The summed E-state index contributed by atoms with van der Waals surface area (Å²) in [4.78, 5) is 17.4. The number of aliphatic imine (C=N–C) groups is 1. The van der Waals surface area contributed by atoms with Gasteiger partial charge in [0.25, 0.3) is 5.91 Å². The monoisotopic (exact) mass is 383 g/mol. The highest BCUT2D eigenvalue weighted by atomic mass is 32.1. The molecule has 0 saturated heterocycles. The van der Waals surface area contributed by atoms with Crippen LogP contribution >= 0.6 is 11.3 Å². The second kappa shape index (κ2) is 7.76. The minimum atomic E-state index is -1.00. The molecular weight excluding hydrogens is 358 g/mol. The van der Waals surface area contributed by atoms with Crippen molar-refractivity contribution in [2.24, 2.45) is 4.99 Å². The predicted octanol–water partition coefficient (Wildman–Crippen LogP) is 3.41. The molecule has 5 nitrogen and oxygen atoms in total. The van der Waals surface area contributed by atoms with Gasteiger partial charge in [0.1, 0.15) is 0 Å². The zero-order valence-electron chi connectivity index (χ0n) is 16.1. The fourth-order valence-electron chi connectivity index (χ4n) is 3.71. The van der Waals surface area contributed by atoms with E-state index in [-0.39, 0.29) is 12.5 Å². The van der Waals surface area contributed by atoms with Crippen molar-refractivity contribution in [1.82, 2.24) is 5.32 Å². The number of nitrogens with one attached hydrogen (secondary N) is 2. The van der Waals surface area contributed by atoms with Crippen molar-refractivity contribution >= 4 is 34.2 Å². The molecule has 1 unspecified atom stereocenters. The highest BCUT2D eigenvalue weighted by Crippen LogP contribution is 2.43. The number of allylic oxidation sites excluding steroid dienone is 2. The number of aliphatic hydroxyl groups is 1. The number of nitrogens with zero attached hydrogens (tertiary/aromatic N) is 1. The molecule has 1 amide bonds. The van der Waals surface area contributed by atoms with Crippen molar-refractivity contribution in [3.63, 3.8) is 0 Å². The number of amides is 1. The fourth-order valence-corrected chi connectivity index (χ4v) is 4.42. The van der Waals surface area contributed by atoms with Crippen LogP contribution in [0.1, 0.15) is 37.5 Å². The van der Waals surface area contributed by atoms with Crippen LogP contribution in [0.4, 0.5) is 5.69 Å². The van der Waals surface area contributed by atoms with Gasteiger partial charge in [0.15, 0.2) is 5.54 Å². The van der Waals surface area contributed by atoms with Crippen molar-refractivity contribution in [2.75, 3.05) is 25.5 Å². The maximum absolute atomic E-state index is 13.1. The van der Waals surface area contributed by atoms with Crippen LogP contribution < -0.4 is 10.6 Å². The first-order valence-corrected chi connectivity index (χ1v) is 9.86. The number of hydrogen-bond donors (Lipinski definition) is 3. The summed E-state index contributed by atoms with van der Waals surface area (Å²) in [6.45, 7) is 6.40. The van der Waals surface area contributed by atoms with E-state index in [4.69, 9.17) is 0 Å². The average molecular weight is 384 g/mol. The number of carbonyl (C=O) groups is 1. The van der Waals surface area contributed by atoms with E-state index >= 15 is 0 Å². The molecule has 1 aliphatic rings. The van der Waals surface area contributed by atoms with Gasteiger partial charge in [-0.05, 0) is 60.9 Å². The summed E-state index contributed by atoms with van der Waals surface area (Å²) in [5.74, 6) is -0.124. The number of carbonyl (C=O) groups excluding carboxylic acids is 1. The summed E-state index contributed by atoms with van der Waals surface area (Å²) < 4.78 is 0. The van der Waals surface area contributed by atoms with Crippen LogP contribution in [0.5, 0.6) is 0 Å². The Morgan fingerprint density at radius 3 is 2.67 bits per heavy atom. The Labute approximate surface area is 163 Å². The van der Waals surface area contributed by atoms with Crippen LogP contribution in [0.3, 0.4) is 0 Å². The van der Waals surface area contributed by atoms with Gasteiger partial charge in [-0.2, -0.15) is 11.3 Å². The van der Waals surface area contributed by atoms with Crippen molar-refractivity contribution in [3.8, 4) is 0 Å². The van der Waals surface area contributed by atoms with Gasteiger partial charge in [-0.25, -0.2) is 0 Å². The maximum atomic E-state index is 13.1. The lowest BCUT2D eigenvalue weighted by Gasteiger charge is -2.28. The lowest BCUT2D eigenvalue weighted by Crippen LogP contribution is -2.49. The molecule has 0 fully saturated rings. The summed E-state index contributed by atoms with van der Waals surface area (Å²) in [6, 6.07) is 7.98. The van der Waals surface area contributed by atoms with E-state index in [0.29, 0.717) is 6.54 Å². The third-order valence-electron chi connectivity index (χ3n) is 4.95. The number of rotatable bonds is 6. The van der Waals surface area contributed by atoms with Crippen molar-refractivity contribution in [2.45, 2.75) is 26.3 Å². The topological polar surface area (TPSA) is 73.7 Å². The van der Waals surface area contributed by atoms with Crippen molar-refractivity contribution in [1.29, 1.82) is 0 Å². The van der Waals surface area contributed by atoms with Gasteiger partial charge in [-0.1, -0.05) is 11.6 Å². The van der Waals surface area contributed by atoms with Gasteiger partial charge < -0.3 is 10.4 Å². The molecule has 2 heterocycles. The molecule has 0 saturated carbocycles. The predicted molar refractivity (Wildman–Crippen MR) is 113 cm³/mol. The third kappa shape index (κ3) is 3.25. The summed E-state index contributed by atoms with van der Waals surface area (Å²) in [5, 5.41) is 19.6. The lowest BCUT2D eigenvalue weighted by atomic mass is 9.83. The SMILES string of the molecule is C/N=C(/C)C(=C(C)C)c1ccc2c(c1)C(NCCO)(c1ccsc1)C(=O)N2. The minimum absolute atomic E-state index is 0.0466. The number of fused-ring (bicyclic) bond motifs is 1. The van der Waals surface area contributed by atoms with Crippen molar-refractivity contribution < 1.29 is 9.90 Å². The van der Waals surface area contributed by atoms with E-state index < -0.39 is 5.54 Å². The van der Waals surface area contributed by atoms with Crippen LogP contribution in [0.25, 0.3) is 5.57 Å². The summed E-state index contributed by atoms with van der Waals surface area (Å²) in [7, 11) is 1.79. The highest BCUT2D eigenvalue weighted by molar-refractivity contribution is 7.08. The summed E-state index contributed by atoms with van der Waals surface area (Å²) in [5.41, 5.74) is 5.78. The van der Waals surface area contributed by atoms with E-state index in [9.17, 15) is 9.90 Å². The molecule has 0 bridgehead atoms. The molecule has 0 spiro atoms. The summed E-state index contributed by atoms with van der Waals surface area (Å²) in [6.07, 6.45) is 0. The van der Waals surface area contributed by atoms with Crippen LogP contribution in [0.2, 0.25) is 0 Å². The Kier molecular flexibility index (Phi) is 5.60. The Morgan fingerprint density at radius 1 is 1.30 bits per heavy atom. The number of thiophene rings is 1. The molecule has 142 valence electrons. The first-order chi connectivity index (χ1) is 13.0. The van der Waals surface area contributed by atoms with Gasteiger partial charge in [0.2, 0.25) is 0 Å². The smallest absolute Gasteiger partial charge is 0.254 e. The molecule has 2 aromatic rings. The molecule has 3 N–H and O–H groups in total. The maximum Gasteiger partial charge on any atom is 0.254 e. The molecule has 1 aliphatic heterocycles. The molecule has 0 radical (unpaired) electrons. The zero-order valence-corrected chi connectivity index (χ0v) is 16.9. The van der Waals surface area contributed by atoms with Gasteiger partial charge >= 0.3 is 0 Å². The first kappa shape index (κ1) is 19.5. The zero-order chi connectivity index (χ0) is 19.6. The molecule has 27 heavy (non-hydrogen) atoms. The molecule has 3 rings (SSSR count). The van der Waals surface area contributed by atoms with Crippen LogP contribution in [0, 0.1) is 0 Å².